The Morgan fingerprint density at radius 2 is 2.00 bits per heavy atom. The molecule has 0 bridgehead atoms. The summed E-state index contributed by atoms with van der Waals surface area (Å²) in [6.07, 6.45) is -0.830. The number of hydrogen-bond donors (Lipinski definition) is 3. The topological polar surface area (TPSA) is 74.5 Å². The Labute approximate surface area is 173 Å². The highest BCUT2D eigenvalue weighted by Gasteiger charge is 2.33. The van der Waals surface area contributed by atoms with Crippen LogP contribution in [0, 0.1) is 0 Å². The van der Waals surface area contributed by atoms with Crippen molar-refractivity contribution >= 4 is 35.8 Å². The highest BCUT2D eigenvalue weighted by Crippen LogP contribution is 2.33. The molecule has 0 saturated carbocycles. The lowest BCUT2D eigenvalue weighted by atomic mass is 10.2. The molecular formula is C17H23F3IN5O. The number of aliphatic imine (C=N–C) groups is 1. The molecule has 10 heteroatoms. The van der Waals surface area contributed by atoms with E-state index in [-0.39, 0.29) is 36.3 Å². The number of pyridine rings is 1. The number of aromatic nitrogens is 1. The molecule has 2 heterocycles. The summed E-state index contributed by atoms with van der Waals surface area (Å²) in [7, 11) is 0. The Morgan fingerprint density at radius 3 is 2.67 bits per heavy atom. The first-order valence-corrected chi connectivity index (χ1v) is 8.31. The number of guanidine groups is 1. The third-order valence-electron chi connectivity index (χ3n) is 3.38. The molecule has 2 aromatic rings. The van der Waals surface area contributed by atoms with Gasteiger partial charge in [0.1, 0.15) is 11.6 Å². The summed E-state index contributed by atoms with van der Waals surface area (Å²) in [5.74, 6) is 1.26. The lowest BCUT2D eigenvalue weighted by molar-refractivity contribution is -0.137. The minimum Gasteiger partial charge on any atom is -0.469 e. The number of rotatable bonds is 8. The van der Waals surface area contributed by atoms with Crippen LogP contribution in [0.25, 0.3) is 0 Å². The highest BCUT2D eigenvalue weighted by atomic mass is 127. The fourth-order valence-electron chi connectivity index (χ4n) is 2.21. The molecular weight excluding hydrogens is 474 g/mol. The molecule has 0 aliphatic carbocycles. The van der Waals surface area contributed by atoms with Crippen LogP contribution in [0.4, 0.5) is 19.0 Å². The van der Waals surface area contributed by atoms with Crippen molar-refractivity contribution in [1.29, 1.82) is 0 Å². The molecule has 2 aromatic heterocycles. The second kappa shape index (κ2) is 11.7. The molecule has 150 valence electrons. The van der Waals surface area contributed by atoms with Gasteiger partial charge < -0.3 is 20.4 Å². The summed E-state index contributed by atoms with van der Waals surface area (Å²) in [5, 5.41) is 8.85. The fraction of sp³-hybridized carbons (Fsp3) is 0.412. The van der Waals surface area contributed by atoms with Crippen molar-refractivity contribution in [1.82, 2.24) is 15.6 Å². The van der Waals surface area contributed by atoms with Crippen LogP contribution >= 0.6 is 24.0 Å². The van der Waals surface area contributed by atoms with Gasteiger partial charge >= 0.3 is 6.18 Å². The first-order valence-electron chi connectivity index (χ1n) is 8.31. The van der Waals surface area contributed by atoms with Gasteiger partial charge in [-0.2, -0.15) is 13.2 Å². The zero-order valence-electron chi connectivity index (χ0n) is 14.8. The van der Waals surface area contributed by atoms with Gasteiger partial charge in [0.2, 0.25) is 0 Å². The molecule has 0 spiro atoms. The minimum absolute atomic E-state index is 0. The minimum atomic E-state index is -4.44. The van der Waals surface area contributed by atoms with Crippen LogP contribution in [0.1, 0.15) is 18.2 Å². The summed E-state index contributed by atoms with van der Waals surface area (Å²) in [4.78, 5) is 8.16. The van der Waals surface area contributed by atoms with E-state index in [1.54, 1.807) is 6.26 Å². The van der Waals surface area contributed by atoms with Crippen molar-refractivity contribution < 1.29 is 17.6 Å². The molecule has 0 fully saturated rings. The maximum Gasteiger partial charge on any atom is 0.419 e. The van der Waals surface area contributed by atoms with Gasteiger partial charge in [-0.3, -0.25) is 4.99 Å². The van der Waals surface area contributed by atoms with Crippen LogP contribution < -0.4 is 16.0 Å². The van der Waals surface area contributed by atoms with Crippen LogP contribution in [-0.4, -0.2) is 37.1 Å². The van der Waals surface area contributed by atoms with Gasteiger partial charge in [0.25, 0.3) is 0 Å². The van der Waals surface area contributed by atoms with Crippen LogP contribution in [0.5, 0.6) is 0 Å². The van der Waals surface area contributed by atoms with Crippen molar-refractivity contribution in [3.05, 3.63) is 48.0 Å². The number of nitrogens with one attached hydrogen (secondary N) is 3. The number of nitrogens with zero attached hydrogens (tertiary/aromatic N) is 2. The van der Waals surface area contributed by atoms with Crippen LogP contribution in [0.2, 0.25) is 0 Å². The van der Waals surface area contributed by atoms with Crippen molar-refractivity contribution in [2.24, 2.45) is 4.99 Å². The van der Waals surface area contributed by atoms with Crippen LogP contribution in [-0.2, 0) is 12.6 Å². The van der Waals surface area contributed by atoms with Crippen molar-refractivity contribution in [3.63, 3.8) is 0 Å². The van der Waals surface area contributed by atoms with E-state index in [0.29, 0.717) is 32.0 Å². The SMILES string of the molecule is CCNC(=NCCc1ccco1)NCCNc1ncccc1C(F)(F)F.I. The van der Waals surface area contributed by atoms with E-state index in [4.69, 9.17) is 4.42 Å². The Morgan fingerprint density at radius 1 is 1.19 bits per heavy atom. The molecule has 0 aromatic carbocycles. The summed E-state index contributed by atoms with van der Waals surface area (Å²) in [6.45, 7) is 3.81. The third kappa shape index (κ3) is 8.06. The molecule has 6 nitrogen and oxygen atoms in total. The fourth-order valence-corrected chi connectivity index (χ4v) is 2.21. The van der Waals surface area contributed by atoms with Crippen molar-refractivity contribution in [3.8, 4) is 0 Å². The second-order valence-electron chi connectivity index (χ2n) is 5.34. The van der Waals surface area contributed by atoms with Gasteiger partial charge in [0.15, 0.2) is 5.96 Å². The van der Waals surface area contributed by atoms with E-state index in [1.165, 1.54) is 12.3 Å². The van der Waals surface area contributed by atoms with Crippen molar-refractivity contribution in [2.75, 3.05) is 31.5 Å². The predicted octanol–water partition coefficient (Wildman–Crippen LogP) is 3.52. The molecule has 0 amide bonds. The molecule has 0 unspecified atom stereocenters. The molecule has 0 radical (unpaired) electrons. The van der Waals surface area contributed by atoms with E-state index >= 15 is 0 Å². The van der Waals surface area contributed by atoms with Crippen LogP contribution in [0.3, 0.4) is 0 Å². The summed E-state index contributed by atoms with van der Waals surface area (Å²) >= 11 is 0. The molecule has 3 N–H and O–H groups in total. The Bertz CT molecular complexity index is 692. The Balaban J connectivity index is 0.00000364. The van der Waals surface area contributed by atoms with Gasteiger partial charge in [-0.05, 0) is 31.2 Å². The highest BCUT2D eigenvalue weighted by molar-refractivity contribution is 14.0. The Hall–Kier alpha value is -1.98. The van der Waals surface area contributed by atoms with Gasteiger partial charge in [0.05, 0.1) is 11.8 Å². The lowest BCUT2D eigenvalue weighted by Gasteiger charge is -2.14. The number of halogens is 4. The first kappa shape index (κ1) is 23.1. The maximum atomic E-state index is 12.9. The van der Waals surface area contributed by atoms with Gasteiger partial charge in [-0.25, -0.2) is 4.98 Å². The molecule has 0 saturated heterocycles. The Kier molecular flexibility index (Phi) is 9.97. The van der Waals surface area contributed by atoms with E-state index in [0.717, 1.165) is 11.8 Å². The van der Waals surface area contributed by atoms with E-state index in [1.807, 2.05) is 19.1 Å². The molecule has 2 rings (SSSR count). The summed E-state index contributed by atoms with van der Waals surface area (Å²) in [5.41, 5.74) is -0.779. The first-order chi connectivity index (χ1) is 12.5. The van der Waals surface area contributed by atoms with E-state index in [2.05, 4.69) is 25.9 Å². The third-order valence-corrected chi connectivity index (χ3v) is 3.38. The number of anilines is 1. The molecule has 27 heavy (non-hydrogen) atoms. The largest absolute Gasteiger partial charge is 0.469 e. The zero-order chi connectivity index (χ0) is 18.8. The number of hydrogen-bond acceptors (Lipinski definition) is 4. The molecule has 0 aliphatic heterocycles. The van der Waals surface area contributed by atoms with Gasteiger partial charge in [-0.15, -0.1) is 24.0 Å². The zero-order valence-corrected chi connectivity index (χ0v) is 17.2. The monoisotopic (exact) mass is 497 g/mol. The molecule has 0 aliphatic rings. The molecule has 0 atom stereocenters. The van der Waals surface area contributed by atoms with Gasteiger partial charge in [-0.1, -0.05) is 0 Å². The normalized spacial score (nSPS) is 11.6. The van der Waals surface area contributed by atoms with Crippen LogP contribution in [0.15, 0.2) is 46.1 Å². The van der Waals surface area contributed by atoms with E-state index in [9.17, 15) is 13.2 Å². The summed E-state index contributed by atoms with van der Waals surface area (Å²) < 4.78 is 44.0. The number of alkyl halides is 3. The smallest absolute Gasteiger partial charge is 0.419 e. The second-order valence-corrected chi connectivity index (χ2v) is 5.34. The van der Waals surface area contributed by atoms with Gasteiger partial charge in [0, 0.05) is 38.8 Å². The number of furan rings is 1. The van der Waals surface area contributed by atoms with E-state index < -0.39 is 11.7 Å². The quantitative estimate of drug-likeness (QED) is 0.225. The average Bonchev–Trinajstić information content (AvgIpc) is 3.11. The predicted molar refractivity (Wildman–Crippen MR) is 110 cm³/mol. The standard InChI is InChI=1S/C17H22F3N5O.HI/c1-2-21-16(24-9-7-13-5-4-12-26-13)25-11-10-23-15-14(17(18,19)20)6-3-8-22-15;/h3-6,8,12H,2,7,9-11H2,1H3,(H,22,23)(H2,21,24,25);1H. The lowest BCUT2D eigenvalue weighted by Crippen LogP contribution is -2.39. The average molecular weight is 497 g/mol. The van der Waals surface area contributed by atoms with Crippen molar-refractivity contribution in [2.45, 2.75) is 19.5 Å². The maximum absolute atomic E-state index is 12.9. The summed E-state index contributed by atoms with van der Waals surface area (Å²) in [6, 6.07) is 5.97.